The fourth-order valence-corrected chi connectivity index (χ4v) is 5.54. The molecule has 1 spiro atoms. The molecule has 0 amide bonds. The highest BCUT2D eigenvalue weighted by atomic mass is 19.1. The molecule has 1 aliphatic heterocycles. The molecular weight excluding hydrogens is 473 g/mol. The van der Waals surface area contributed by atoms with E-state index in [0.717, 1.165) is 38.9 Å². The first-order valence-electron chi connectivity index (χ1n) is 12.1. The third-order valence-corrected chi connectivity index (χ3v) is 7.54. The minimum absolute atomic E-state index is 0.0288. The summed E-state index contributed by atoms with van der Waals surface area (Å²) in [5, 5.41) is 7.85. The van der Waals surface area contributed by atoms with E-state index >= 15 is 8.78 Å². The Hall–Kier alpha value is -3.34. The van der Waals surface area contributed by atoms with Crippen molar-refractivity contribution in [3.63, 3.8) is 0 Å². The predicted molar refractivity (Wildman–Crippen MR) is 128 cm³/mol. The molecule has 0 unspecified atom stereocenters. The number of ether oxygens (including phenoxy) is 2. The number of benzene rings is 1. The summed E-state index contributed by atoms with van der Waals surface area (Å²) in [5.41, 5.74) is 1.49. The van der Waals surface area contributed by atoms with E-state index in [2.05, 4.69) is 20.4 Å². The summed E-state index contributed by atoms with van der Waals surface area (Å²) in [6.45, 7) is 2.75. The summed E-state index contributed by atoms with van der Waals surface area (Å²) in [7, 11) is 1.45. The lowest BCUT2D eigenvalue weighted by atomic mass is 9.71. The third-order valence-electron chi connectivity index (χ3n) is 7.54. The number of anilines is 1. The second-order valence-corrected chi connectivity index (χ2v) is 9.83. The quantitative estimate of drug-likeness (QED) is 0.414. The van der Waals surface area contributed by atoms with Crippen molar-refractivity contribution in [2.45, 2.75) is 45.2 Å². The molecule has 0 radical (unpaired) electrons. The van der Waals surface area contributed by atoms with Gasteiger partial charge in [-0.1, -0.05) is 0 Å². The summed E-state index contributed by atoms with van der Waals surface area (Å²) in [6, 6.07) is 3.04. The van der Waals surface area contributed by atoms with Crippen LogP contribution in [-0.2, 0) is 11.3 Å². The summed E-state index contributed by atoms with van der Waals surface area (Å²) < 4.78 is 57.3. The SMILES string of the molecule is COc1nc(NC2CCC3(CC2)COC3)nn2cc(F)c(-c3cc(F)c4nc(C)n(CCF)c4c3)c12. The number of rotatable bonds is 6. The van der Waals surface area contributed by atoms with Crippen molar-refractivity contribution in [2.24, 2.45) is 5.41 Å². The lowest BCUT2D eigenvalue weighted by molar-refractivity contribution is -0.131. The van der Waals surface area contributed by atoms with Crippen LogP contribution in [0.2, 0.25) is 0 Å². The van der Waals surface area contributed by atoms with E-state index in [1.54, 1.807) is 17.6 Å². The number of imidazole rings is 1. The molecule has 3 aromatic heterocycles. The fourth-order valence-electron chi connectivity index (χ4n) is 5.54. The standard InChI is InChI=1S/C25H27F3N6O2/c1-14-29-21-17(27)9-15(10-19(21)33(14)8-7-26)20-18(28)11-34-22(20)23(35-2)31-24(32-34)30-16-3-5-25(6-4-16)12-36-13-25/h9-11,16H,3-8,12-13H2,1-2H3,(H,30,32). The molecule has 1 saturated heterocycles. The second-order valence-electron chi connectivity index (χ2n) is 9.83. The van der Waals surface area contributed by atoms with Crippen molar-refractivity contribution >= 4 is 22.5 Å². The summed E-state index contributed by atoms with van der Waals surface area (Å²) >= 11 is 0. The number of fused-ring (bicyclic) bond motifs is 2. The first kappa shape index (κ1) is 23.1. The van der Waals surface area contributed by atoms with E-state index < -0.39 is 18.3 Å². The van der Waals surface area contributed by atoms with Gasteiger partial charge in [0, 0.05) is 11.5 Å². The number of hydrogen-bond acceptors (Lipinski definition) is 6. The van der Waals surface area contributed by atoms with Crippen molar-refractivity contribution in [1.29, 1.82) is 0 Å². The van der Waals surface area contributed by atoms with Gasteiger partial charge < -0.3 is 19.4 Å². The monoisotopic (exact) mass is 500 g/mol. The molecule has 1 N–H and O–H groups in total. The van der Waals surface area contributed by atoms with Crippen LogP contribution >= 0.6 is 0 Å². The van der Waals surface area contributed by atoms with Gasteiger partial charge in [0.15, 0.2) is 11.6 Å². The van der Waals surface area contributed by atoms with Crippen LogP contribution < -0.4 is 10.1 Å². The number of nitrogens with zero attached hydrogens (tertiary/aromatic N) is 5. The molecule has 11 heteroatoms. The van der Waals surface area contributed by atoms with Gasteiger partial charge in [-0.25, -0.2) is 22.7 Å². The lowest BCUT2D eigenvalue weighted by Crippen LogP contribution is -2.47. The van der Waals surface area contributed by atoms with E-state index in [4.69, 9.17) is 9.47 Å². The topological polar surface area (TPSA) is 78.5 Å². The van der Waals surface area contributed by atoms with Crippen molar-refractivity contribution in [3.05, 3.63) is 35.8 Å². The van der Waals surface area contributed by atoms with Gasteiger partial charge in [-0.15, -0.1) is 5.10 Å². The zero-order chi connectivity index (χ0) is 25.0. The number of methoxy groups -OCH3 is 1. The maximum absolute atomic E-state index is 15.3. The Bertz CT molecular complexity index is 1450. The van der Waals surface area contributed by atoms with Gasteiger partial charge in [0.1, 0.15) is 23.5 Å². The van der Waals surface area contributed by atoms with Crippen LogP contribution in [0.25, 0.3) is 27.7 Å². The maximum Gasteiger partial charge on any atom is 0.244 e. The van der Waals surface area contributed by atoms with Crippen molar-refractivity contribution in [1.82, 2.24) is 24.1 Å². The van der Waals surface area contributed by atoms with Crippen LogP contribution in [0.5, 0.6) is 5.88 Å². The number of aryl methyl sites for hydroxylation is 2. The van der Waals surface area contributed by atoms with E-state index in [0.29, 0.717) is 22.7 Å². The van der Waals surface area contributed by atoms with Gasteiger partial charge >= 0.3 is 0 Å². The second kappa shape index (κ2) is 8.65. The Kier molecular flexibility index (Phi) is 5.55. The van der Waals surface area contributed by atoms with Gasteiger partial charge in [-0.3, -0.25) is 0 Å². The molecule has 1 aromatic carbocycles. The average Bonchev–Trinajstić information content (AvgIpc) is 3.34. The number of aromatic nitrogens is 5. The molecule has 4 heterocycles. The molecule has 8 nitrogen and oxygen atoms in total. The zero-order valence-corrected chi connectivity index (χ0v) is 20.2. The Balaban J connectivity index is 1.38. The van der Waals surface area contributed by atoms with Gasteiger partial charge in [0.05, 0.1) is 44.1 Å². The molecule has 190 valence electrons. The summed E-state index contributed by atoms with van der Waals surface area (Å²) in [5.74, 6) is -0.232. The van der Waals surface area contributed by atoms with Gasteiger partial charge in [-0.05, 0) is 50.3 Å². The number of nitrogens with one attached hydrogen (secondary N) is 1. The molecule has 1 saturated carbocycles. The van der Waals surface area contributed by atoms with Crippen molar-refractivity contribution in [2.75, 3.05) is 32.3 Å². The first-order chi connectivity index (χ1) is 17.4. The van der Waals surface area contributed by atoms with Crippen LogP contribution in [0.1, 0.15) is 31.5 Å². The highest BCUT2D eigenvalue weighted by Gasteiger charge is 2.41. The fraction of sp³-hybridized carbons (Fsp3) is 0.480. The minimum Gasteiger partial charge on any atom is -0.479 e. The highest BCUT2D eigenvalue weighted by Crippen LogP contribution is 2.43. The van der Waals surface area contributed by atoms with Crippen LogP contribution in [0.4, 0.5) is 19.1 Å². The predicted octanol–water partition coefficient (Wildman–Crippen LogP) is 4.68. The Labute approximate surface area is 205 Å². The molecule has 6 rings (SSSR count). The van der Waals surface area contributed by atoms with Crippen molar-refractivity contribution < 1.29 is 22.6 Å². The van der Waals surface area contributed by atoms with Gasteiger partial charge in [0.2, 0.25) is 11.8 Å². The molecule has 1 aliphatic carbocycles. The normalized spacial score (nSPS) is 17.7. The number of hydrogen-bond donors (Lipinski definition) is 1. The molecule has 2 fully saturated rings. The Morgan fingerprint density at radius 3 is 2.61 bits per heavy atom. The van der Waals surface area contributed by atoms with Crippen LogP contribution in [0.3, 0.4) is 0 Å². The zero-order valence-electron chi connectivity index (χ0n) is 20.2. The average molecular weight is 501 g/mol. The van der Waals surface area contributed by atoms with Crippen LogP contribution in [0.15, 0.2) is 18.3 Å². The largest absolute Gasteiger partial charge is 0.479 e. The van der Waals surface area contributed by atoms with E-state index in [9.17, 15) is 4.39 Å². The molecule has 4 aromatic rings. The van der Waals surface area contributed by atoms with Crippen LogP contribution in [0, 0.1) is 24.0 Å². The van der Waals surface area contributed by atoms with E-state index in [1.165, 1.54) is 23.9 Å². The minimum atomic E-state index is -0.630. The van der Waals surface area contributed by atoms with E-state index in [1.807, 2.05) is 0 Å². The molecular formula is C25H27F3N6O2. The summed E-state index contributed by atoms with van der Waals surface area (Å²) in [6.07, 6.45) is 5.35. The van der Waals surface area contributed by atoms with Crippen molar-refractivity contribution in [3.8, 4) is 17.0 Å². The molecule has 36 heavy (non-hydrogen) atoms. The Morgan fingerprint density at radius 2 is 1.94 bits per heavy atom. The molecule has 0 bridgehead atoms. The summed E-state index contributed by atoms with van der Waals surface area (Å²) in [4.78, 5) is 8.72. The third kappa shape index (κ3) is 3.68. The van der Waals surface area contributed by atoms with Crippen LogP contribution in [-0.4, -0.2) is 57.2 Å². The molecule has 2 aliphatic rings. The van der Waals surface area contributed by atoms with Gasteiger partial charge in [0.25, 0.3) is 0 Å². The maximum atomic E-state index is 15.3. The Morgan fingerprint density at radius 1 is 1.17 bits per heavy atom. The smallest absolute Gasteiger partial charge is 0.244 e. The van der Waals surface area contributed by atoms with E-state index in [-0.39, 0.29) is 40.6 Å². The highest BCUT2D eigenvalue weighted by molar-refractivity contribution is 5.90. The van der Waals surface area contributed by atoms with Gasteiger partial charge in [-0.2, -0.15) is 4.98 Å². The lowest BCUT2D eigenvalue weighted by Gasteiger charge is -2.46. The first-order valence-corrected chi connectivity index (χ1v) is 12.1. The number of alkyl halides is 1. The molecule has 0 atom stereocenters. The number of halogens is 3.